The molecule has 1 rings (SSSR count). The maximum atomic E-state index is 11.1. The molecule has 0 amide bonds. The predicted molar refractivity (Wildman–Crippen MR) is 71.2 cm³/mol. The second-order valence-electron chi connectivity index (χ2n) is 3.67. The molecule has 0 saturated heterocycles. The van der Waals surface area contributed by atoms with Crippen LogP contribution in [0.4, 0.5) is 0 Å². The van der Waals surface area contributed by atoms with Crippen molar-refractivity contribution in [2.45, 2.75) is 19.4 Å². The topological polar surface area (TPSA) is 81.8 Å². The lowest BCUT2D eigenvalue weighted by molar-refractivity contribution is -0.138. The Hall–Kier alpha value is -1.27. The van der Waals surface area contributed by atoms with Crippen LogP contribution in [0.5, 0.6) is 11.5 Å². The molecule has 18 heavy (non-hydrogen) atoms. The van der Waals surface area contributed by atoms with Crippen LogP contribution in [-0.2, 0) is 11.2 Å². The second kappa shape index (κ2) is 6.06. The summed E-state index contributed by atoms with van der Waals surface area (Å²) in [6.45, 7) is 1.96. The van der Waals surface area contributed by atoms with Crippen LogP contribution >= 0.6 is 15.9 Å². The molecule has 6 heteroatoms. The molecule has 1 unspecified atom stereocenters. The summed E-state index contributed by atoms with van der Waals surface area (Å²) in [6.07, 6.45) is 0.722. The quantitative estimate of drug-likeness (QED) is 0.869. The smallest absolute Gasteiger partial charge is 0.325 e. The first-order valence-electron chi connectivity index (χ1n) is 5.39. The first-order chi connectivity index (χ1) is 8.47. The number of rotatable bonds is 5. The minimum absolute atomic E-state index is 0.344. The number of carboxylic acids is 1. The van der Waals surface area contributed by atoms with Crippen molar-refractivity contribution in [2.75, 3.05) is 14.2 Å². The molecule has 0 bridgehead atoms. The van der Waals surface area contributed by atoms with Gasteiger partial charge in [-0.1, -0.05) is 22.9 Å². The van der Waals surface area contributed by atoms with Crippen molar-refractivity contribution < 1.29 is 19.4 Å². The zero-order valence-corrected chi connectivity index (χ0v) is 12.1. The fourth-order valence-electron chi connectivity index (χ4n) is 1.71. The van der Waals surface area contributed by atoms with Gasteiger partial charge in [-0.3, -0.25) is 4.79 Å². The number of carboxylic acid groups (broad SMARTS) is 1. The zero-order chi connectivity index (χ0) is 13.9. The number of methoxy groups -OCH3 is 2. The van der Waals surface area contributed by atoms with Crippen LogP contribution in [0.25, 0.3) is 0 Å². The fraction of sp³-hybridized carbons (Fsp3) is 0.417. The van der Waals surface area contributed by atoms with Crippen molar-refractivity contribution in [3.8, 4) is 11.5 Å². The van der Waals surface area contributed by atoms with Crippen LogP contribution in [0, 0.1) is 0 Å². The summed E-state index contributed by atoms with van der Waals surface area (Å²) in [6, 6.07) is 0.635. The SMILES string of the molecule is CCc1cc(OC)c(OC)c(C(N)C(=O)O)c1Br. The summed E-state index contributed by atoms with van der Waals surface area (Å²) in [4.78, 5) is 11.1. The van der Waals surface area contributed by atoms with Crippen molar-refractivity contribution in [1.29, 1.82) is 0 Å². The van der Waals surface area contributed by atoms with Gasteiger partial charge in [-0.2, -0.15) is 0 Å². The van der Waals surface area contributed by atoms with Crippen molar-refractivity contribution in [2.24, 2.45) is 5.73 Å². The average Bonchev–Trinajstić information content (AvgIpc) is 2.36. The van der Waals surface area contributed by atoms with Gasteiger partial charge in [-0.25, -0.2) is 0 Å². The summed E-state index contributed by atoms with van der Waals surface area (Å²) < 4.78 is 11.1. The lowest BCUT2D eigenvalue weighted by atomic mass is 10.0. The summed E-state index contributed by atoms with van der Waals surface area (Å²) >= 11 is 3.39. The third-order valence-corrected chi connectivity index (χ3v) is 3.61. The zero-order valence-electron chi connectivity index (χ0n) is 10.5. The molecule has 0 aromatic heterocycles. The summed E-state index contributed by atoms with van der Waals surface area (Å²) in [5, 5.41) is 9.06. The molecule has 100 valence electrons. The molecule has 0 aliphatic rings. The number of hydrogen-bond donors (Lipinski definition) is 2. The van der Waals surface area contributed by atoms with Gasteiger partial charge in [0.1, 0.15) is 6.04 Å². The third-order valence-electron chi connectivity index (χ3n) is 2.67. The van der Waals surface area contributed by atoms with Crippen molar-refractivity contribution >= 4 is 21.9 Å². The van der Waals surface area contributed by atoms with Crippen LogP contribution in [0.3, 0.4) is 0 Å². The molecule has 1 aromatic rings. The largest absolute Gasteiger partial charge is 0.493 e. The monoisotopic (exact) mass is 317 g/mol. The molecule has 0 heterocycles. The number of carbonyl (C=O) groups is 1. The molecular weight excluding hydrogens is 302 g/mol. The van der Waals surface area contributed by atoms with Crippen LogP contribution in [0.2, 0.25) is 0 Å². The minimum Gasteiger partial charge on any atom is -0.493 e. The molecule has 1 atom stereocenters. The second-order valence-corrected chi connectivity index (χ2v) is 4.46. The van der Waals surface area contributed by atoms with Gasteiger partial charge in [0.25, 0.3) is 0 Å². The molecule has 0 aliphatic heterocycles. The van der Waals surface area contributed by atoms with Crippen molar-refractivity contribution in [1.82, 2.24) is 0 Å². The standard InChI is InChI=1S/C12H16BrNO4/c1-4-6-5-7(17-2)11(18-3)8(9(6)13)10(14)12(15)16/h5,10H,4,14H2,1-3H3,(H,15,16). The molecule has 0 saturated carbocycles. The van der Waals surface area contributed by atoms with E-state index < -0.39 is 12.0 Å². The van der Waals surface area contributed by atoms with E-state index in [1.165, 1.54) is 14.2 Å². The van der Waals surface area contributed by atoms with Gasteiger partial charge in [0.05, 0.1) is 14.2 Å². The van der Waals surface area contributed by atoms with Crippen molar-refractivity contribution in [3.63, 3.8) is 0 Å². The highest BCUT2D eigenvalue weighted by atomic mass is 79.9. The summed E-state index contributed by atoms with van der Waals surface area (Å²) in [5.74, 6) is -0.301. The molecule has 0 fully saturated rings. The third kappa shape index (κ3) is 2.59. The highest BCUT2D eigenvalue weighted by molar-refractivity contribution is 9.10. The highest BCUT2D eigenvalue weighted by Crippen LogP contribution is 2.41. The van der Waals surface area contributed by atoms with Crippen LogP contribution in [0.1, 0.15) is 24.1 Å². The Kier molecular flexibility index (Phi) is 4.98. The first kappa shape index (κ1) is 14.8. The molecule has 0 radical (unpaired) electrons. The lowest BCUT2D eigenvalue weighted by Crippen LogP contribution is -2.22. The molecule has 5 nitrogen and oxygen atoms in total. The number of benzene rings is 1. The Balaban J connectivity index is 3.57. The normalized spacial score (nSPS) is 12.1. The van der Waals surface area contributed by atoms with E-state index in [0.717, 1.165) is 12.0 Å². The number of nitrogens with two attached hydrogens (primary N) is 1. The predicted octanol–water partition coefficient (Wildman–Crippen LogP) is 2.11. The Morgan fingerprint density at radius 3 is 2.50 bits per heavy atom. The summed E-state index contributed by atoms with van der Waals surface area (Å²) in [5.41, 5.74) is 7.00. The average molecular weight is 318 g/mol. The lowest BCUT2D eigenvalue weighted by Gasteiger charge is -2.19. The molecule has 0 aliphatic carbocycles. The van der Waals surface area contributed by atoms with E-state index >= 15 is 0 Å². The van der Waals surface area contributed by atoms with E-state index in [-0.39, 0.29) is 0 Å². The maximum absolute atomic E-state index is 11.1. The number of ether oxygens (including phenoxy) is 2. The van der Waals surface area contributed by atoms with E-state index in [0.29, 0.717) is 21.5 Å². The summed E-state index contributed by atoms with van der Waals surface area (Å²) in [7, 11) is 2.95. The van der Waals surface area contributed by atoms with Crippen LogP contribution in [-0.4, -0.2) is 25.3 Å². The number of aliphatic carboxylic acids is 1. The first-order valence-corrected chi connectivity index (χ1v) is 6.18. The van der Waals surface area contributed by atoms with Gasteiger partial charge in [-0.15, -0.1) is 0 Å². The molecular formula is C12H16BrNO4. The van der Waals surface area contributed by atoms with Gasteiger partial charge in [0, 0.05) is 10.0 Å². The Labute approximate surface area is 114 Å². The Bertz CT molecular complexity index is 462. The Morgan fingerprint density at radius 2 is 2.11 bits per heavy atom. The van der Waals surface area contributed by atoms with Crippen LogP contribution in [0.15, 0.2) is 10.5 Å². The molecule has 0 spiro atoms. The van der Waals surface area contributed by atoms with Crippen LogP contribution < -0.4 is 15.2 Å². The molecule has 1 aromatic carbocycles. The molecule has 3 N–H and O–H groups in total. The van der Waals surface area contributed by atoms with E-state index in [4.69, 9.17) is 20.3 Å². The number of aryl methyl sites for hydroxylation is 1. The van der Waals surface area contributed by atoms with Gasteiger partial charge in [0.2, 0.25) is 0 Å². The number of halogens is 1. The fourth-order valence-corrected chi connectivity index (χ4v) is 2.53. The van der Waals surface area contributed by atoms with Crippen molar-refractivity contribution in [3.05, 3.63) is 21.7 Å². The Morgan fingerprint density at radius 1 is 1.50 bits per heavy atom. The van der Waals surface area contributed by atoms with Gasteiger partial charge >= 0.3 is 5.97 Å². The van der Waals surface area contributed by atoms with Gasteiger partial charge in [-0.05, 0) is 18.1 Å². The highest BCUT2D eigenvalue weighted by Gasteiger charge is 2.26. The van der Waals surface area contributed by atoms with E-state index in [1.807, 2.05) is 6.92 Å². The van der Waals surface area contributed by atoms with Gasteiger partial charge in [0.15, 0.2) is 11.5 Å². The minimum atomic E-state index is -1.17. The maximum Gasteiger partial charge on any atom is 0.325 e. The number of hydrogen-bond acceptors (Lipinski definition) is 4. The van der Waals surface area contributed by atoms with E-state index in [2.05, 4.69) is 15.9 Å². The van der Waals surface area contributed by atoms with Gasteiger partial charge < -0.3 is 20.3 Å². The van der Waals surface area contributed by atoms with E-state index in [1.54, 1.807) is 6.07 Å². The van der Waals surface area contributed by atoms with E-state index in [9.17, 15) is 4.79 Å².